The standard InChI is InChI=1S/C24H15F5N2O2/c25-17-9-5-4-8-16(17)18-12-20(24(27,28)29)31-21(30-18)23(22(32)33)13-15(10-11-19(23)26)14-6-2-1-3-7-14/h1-12H,13H2,(H,32,33). The number of benzene rings is 2. The highest BCUT2D eigenvalue weighted by Gasteiger charge is 2.51. The largest absolute Gasteiger partial charge is 0.480 e. The van der Waals surface area contributed by atoms with Crippen LogP contribution in [0.1, 0.15) is 23.5 Å². The minimum Gasteiger partial charge on any atom is -0.480 e. The van der Waals surface area contributed by atoms with Crippen LogP contribution in [0.2, 0.25) is 0 Å². The summed E-state index contributed by atoms with van der Waals surface area (Å²) in [6, 6.07) is 13.9. The van der Waals surface area contributed by atoms with Gasteiger partial charge in [0.05, 0.1) is 5.69 Å². The number of nitrogens with zero attached hydrogens (tertiary/aromatic N) is 2. The molecular weight excluding hydrogens is 443 g/mol. The van der Waals surface area contributed by atoms with Crippen LogP contribution in [0.25, 0.3) is 16.8 Å². The van der Waals surface area contributed by atoms with E-state index in [1.165, 1.54) is 24.3 Å². The van der Waals surface area contributed by atoms with Crippen molar-refractivity contribution in [1.29, 1.82) is 0 Å². The minimum atomic E-state index is -5.01. The summed E-state index contributed by atoms with van der Waals surface area (Å²) in [4.78, 5) is 19.7. The van der Waals surface area contributed by atoms with Crippen LogP contribution in [-0.4, -0.2) is 21.0 Å². The molecule has 0 radical (unpaired) electrons. The van der Waals surface area contributed by atoms with Crippen molar-refractivity contribution in [3.05, 3.63) is 102 Å². The summed E-state index contributed by atoms with van der Waals surface area (Å²) in [7, 11) is 0. The second-order valence-electron chi connectivity index (χ2n) is 7.40. The number of carboxylic acid groups (broad SMARTS) is 1. The molecule has 1 aliphatic carbocycles. The first-order valence-electron chi connectivity index (χ1n) is 9.70. The van der Waals surface area contributed by atoms with E-state index in [9.17, 15) is 27.5 Å². The highest BCUT2D eigenvalue weighted by molar-refractivity contribution is 5.89. The first-order chi connectivity index (χ1) is 15.6. The molecule has 4 rings (SSSR count). The van der Waals surface area contributed by atoms with Crippen molar-refractivity contribution in [2.24, 2.45) is 0 Å². The third-order valence-electron chi connectivity index (χ3n) is 5.35. The van der Waals surface area contributed by atoms with Crippen LogP contribution in [0.15, 0.2) is 78.6 Å². The van der Waals surface area contributed by atoms with Crippen molar-refractivity contribution < 1.29 is 31.9 Å². The van der Waals surface area contributed by atoms with Gasteiger partial charge in [-0.2, -0.15) is 13.2 Å². The fourth-order valence-corrected chi connectivity index (χ4v) is 3.65. The zero-order valence-electron chi connectivity index (χ0n) is 16.8. The van der Waals surface area contributed by atoms with E-state index in [2.05, 4.69) is 9.97 Å². The number of aromatic nitrogens is 2. The average Bonchev–Trinajstić information content (AvgIpc) is 2.79. The lowest BCUT2D eigenvalue weighted by Gasteiger charge is -2.30. The van der Waals surface area contributed by atoms with Gasteiger partial charge in [-0.05, 0) is 35.4 Å². The maximum atomic E-state index is 15.2. The fourth-order valence-electron chi connectivity index (χ4n) is 3.65. The van der Waals surface area contributed by atoms with Gasteiger partial charge in [0, 0.05) is 12.0 Å². The number of alkyl halides is 3. The van der Waals surface area contributed by atoms with E-state index in [-0.39, 0.29) is 5.56 Å². The number of rotatable bonds is 4. The zero-order valence-corrected chi connectivity index (χ0v) is 16.8. The molecule has 1 aromatic heterocycles. The fraction of sp³-hybridized carbons (Fsp3) is 0.125. The predicted octanol–water partition coefficient (Wildman–Crippen LogP) is 5.96. The lowest BCUT2D eigenvalue weighted by atomic mass is 9.74. The van der Waals surface area contributed by atoms with Crippen LogP contribution in [0.4, 0.5) is 22.0 Å². The van der Waals surface area contributed by atoms with Gasteiger partial charge >= 0.3 is 12.1 Å². The van der Waals surface area contributed by atoms with E-state index < -0.39 is 52.8 Å². The lowest BCUT2D eigenvalue weighted by Crippen LogP contribution is -2.40. The highest BCUT2D eigenvalue weighted by Crippen LogP contribution is 2.45. The predicted molar refractivity (Wildman–Crippen MR) is 110 cm³/mol. The smallest absolute Gasteiger partial charge is 0.433 e. The number of hydrogen-bond donors (Lipinski definition) is 1. The van der Waals surface area contributed by atoms with Crippen molar-refractivity contribution in [3.63, 3.8) is 0 Å². The van der Waals surface area contributed by atoms with Gasteiger partial charge in [-0.15, -0.1) is 0 Å². The molecule has 0 aliphatic heterocycles. The zero-order chi connectivity index (χ0) is 23.8. The molecule has 0 saturated carbocycles. The average molecular weight is 458 g/mol. The minimum absolute atomic E-state index is 0.300. The van der Waals surface area contributed by atoms with E-state index >= 15 is 4.39 Å². The summed E-state index contributed by atoms with van der Waals surface area (Å²) in [6.45, 7) is 0. The van der Waals surface area contributed by atoms with Crippen molar-refractivity contribution in [3.8, 4) is 11.3 Å². The Bertz CT molecular complexity index is 1290. The van der Waals surface area contributed by atoms with Gasteiger partial charge < -0.3 is 5.11 Å². The number of aliphatic carboxylic acids is 1. The second kappa shape index (κ2) is 8.23. The van der Waals surface area contributed by atoms with Gasteiger partial charge in [0.25, 0.3) is 0 Å². The van der Waals surface area contributed by atoms with E-state index in [1.54, 1.807) is 30.3 Å². The molecule has 33 heavy (non-hydrogen) atoms. The monoisotopic (exact) mass is 458 g/mol. The van der Waals surface area contributed by atoms with Gasteiger partial charge in [0.2, 0.25) is 0 Å². The molecule has 1 aliphatic rings. The molecule has 0 amide bonds. The highest BCUT2D eigenvalue weighted by atomic mass is 19.4. The van der Waals surface area contributed by atoms with E-state index in [0.29, 0.717) is 17.2 Å². The SMILES string of the molecule is O=C(O)C1(c2nc(-c3ccccc3F)cc(C(F)(F)F)n2)CC(c2ccccc2)=CC=C1F. The maximum Gasteiger partial charge on any atom is 0.433 e. The quantitative estimate of drug-likeness (QED) is 0.490. The number of allylic oxidation sites excluding steroid dienone is 3. The Morgan fingerprint density at radius 1 is 0.939 bits per heavy atom. The molecule has 1 atom stereocenters. The normalized spacial score (nSPS) is 18.5. The number of hydrogen-bond acceptors (Lipinski definition) is 3. The molecular formula is C24H15F5N2O2. The first kappa shape index (κ1) is 22.3. The van der Waals surface area contributed by atoms with Crippen molar-refractivity contribution >= 4 is 11.5 Å². The van der Waals surface area contributed by atoms with Gasteiger partial charge in [0.15, 0.2) is 11.2 Å². The van der Waals surface area contributed by atoms with Gasteiger partial charge in [-0.3, -0.25) is 4.79 Å². The molecule has 4 nitrogen and oxygen atoms in total. The maximum absolute atomic E-state index is 15.2. The molecule has 1 unspecified atom stereocenters. The molecule has 9 heteroatoms. The van der Waals surface area contributed by atoms with E-state index in [1.807, 2.05) is 0 Å². The Kier molecular flexibility index (Phi) is 5.57. The summed E-state index contributed by atoms with van der Waals surface area (Å²) >= 11 is 0. The number of carboxylic acids is 1. The molecule has 1 heterocycles. The van der Waals surface area contributed by atoms with Crippen LogP contribution in [0, 0.1) is 5.82 Å². The Labute approximate surface area is 184 Å². The summed E-state index contributed by atoms with van der Waals surface area (Å²) in [6.07, 6.45) is -3.30. The van der Waals surface area contributed by atoms with Gasteiger partial charge in [-0.25, -0.2) is 18.7 Å². The molecule has 0 fully saturated rings. The van der Waals surface area contributed by atoms with Crippen LogP contribution in [-0.2, 0) is 16.4 Å². The molecule has 2 aromatic carbocycles. The molecule has 3 aromatic rings. The summed E-state index contributed by atoms with van der Waals surface area (Å²) in [5.74, 6) is -4.78. The molecule has 168 valence electrons. The van der Waals surface area contributed by atoms with Gasteiger partial charge in [-0.1, -0.05) is 48.5 Å². The first-order valence-corrected chi connectivity index (χ1v) is 9.70. The molecule has 1 N–H and O–H groups in total. The third kappa shape index (κ3) is 4.02. The number of halogens is 5. The Hall–Kier alpha value is -3.88. The summed E-state index contributed by atoms with van der Waals surface area (Å²) < 4.78 is 70.4. The Morgan fingerprint density at radius 3 is 2.24 bits per heavy atom. The van der Waals surface area contributed by atoms with Crippen molar-refractivity contribution in [2.45, 2.75) is 18.0 Å². The topological polar surface area (TPSA) is 63.1 Å². The Morgan fingerprint density at radius 2 is 1.61 bits per heavy atom. The summed E-state index contributed by atoms with van der Waals surface area (Å²) in [5, 5.41) is 10.0. The van der Waals surface area contributed by atoms with E-state index in [4.69, 9.17) is 0 Å². The van der Waals surface area contributed by atoms with Gasteiger partial charge in [0.1, 0.15) is 17.3 Å². The summed E-state index contributed by atoms with van der Waals surface area (Å²) in [5.41, 5.74) is -4.00. The van der Waals surface area contributed by atoms with Crippen LogP contribution < -0.4 is 0 Å². The molecule has 0 bridgehead atoms. The van der Waals surface area contributed by atoms with Crippen LogP contribution in [0.3, 0.4) is 0 Å². The van der Waals surface area contributed by atoms with E-state index in [0.717, 1.165) is 12.1 Å². The van der Waals surface area contributed by atoms with Crippen molar-refractivity contribution in [2.75, 3.05) is 0 Å². The Balaban J connectivity index is 1.96. The lowest BCUT2D eigenvalue weighted by molar-refractivity contribution is -0.145. The van der Waals surface area contributed by atoms with Crippen LogP contribution >= 0.6 is 0 Å². The molecule has 0 saturated heterocycles. The van der Waals surface area contributed by atoms with Crippen molar-refractivity contribution in [1.82, 2.24) is 9.97 Å². The number of carbonyl (C=O) groups is 1. The molecule has 0 spiro atoms. The van der Waals surface area contributed by atoms with Crippen LogP contribution in [0.5, 0.6) is 0 Å². The second-order valence-corrected chi connectivity index (χ2v) is 7.40. The third-order valence-corrected chi connectivity index (χ3v) is 5.35.